The fourth-order valence-corrected chi connectivity index (χ4v) is 10.1. The van der Waals surface area contributed by atoms with Crippen LogP contribution < -0.4 is 0 Å². The molecule has 0 unspecified atom stereocenters. The minimum atomic E-state index is -0.414. The molecule has 1 aromatic heterocycles. The van der Waals surface area contributed by atoms with Gasteiger partial charge in [0.25, 0.3) is 0 Å². The zero-order chi connectivity index (χ0) is 40.3. The molecular formula is C58H37N3. The predicted octanol–water partition coefficient (Wildman–Crippen LogP) is 14.2. The second-order valence-corrected chi connectivity index (χ2v) is 15.8. The number of hydrogen-bond acceptors (Lipinski definition) is 3. The SMILES string of the molecule is c1ccc(-c2ccccc2-c2nc(-c3cccc(-c4cccc5c4-c4ccccc4C54c5ccccc5-c5ccccc54)c3)nc(-c3ccccc3-c3ccccc3)n2)cc1. The molecule has 0 amide bonds. The monoisotopic (exact) mass is 775 g/mol. The number of benzene rings is 9. The number of aromatic nitrogens is 3. The molecule has 1 spiro atoms. The van der Waals surface area contributed by atoms with Crippen LogP contribution >= 0.6 is 0 Å². The standard InChI is InChI=1S/C58H37N3/c1-3-19-38(20-4-1)42-25-7-9-29-47(42)56-59-55(60-57(61-56)48-30-10-8-26-43(48)39-21-5-2-6-22-39)41-24-17-23-40(37-41)44-32-18-36-53-54(44)49-31-13-16-35-52(49)58(53)50-33-14-11-27-45(50)46-28-12-15-34-51(46)58/h1-37H. The molecule has 3 heteroatoms. The van der Waals surface area contributed by atoms with Gasteiger partial charge in [-0.3, -0.25) is 0 Å². The van der Waals surface area contributed by atoms with E-state index in [4.69, 9.17) is 15.0 Å². The molecule has 10 aromatic rings. The Morgan fingerprint density at radius 3 is 1.15 bits per heavy atom. The molecular weight excluding hydrogens is 739 g/mol. The van der Waals surface area contributed by atoms with Gasteiger partial charge in [-0.05, 0) is 84.0 Å². The van der Waals surface area contributed by atoms with Crippen LogP contribution in [0.1, 0.15) is 22.3 Å². The summed E-state index contributed by atoms with van der Waals surface area (Å²) in [6.07, 6.45) is 0. The maximum absolute atomic E-state index is 5.32. The first kappa shape index (κ1) is 35.0. The molecule has 0 fully saturated rings. The van der Waals surface area contributed by atoms with Crippen molar-refractivity contribution in [2.75, 3.05) is 0 Å². The third-order valence-electron chi connectivity index (χ3n) is 12.6. The molecule has 0 atom stereocenters. The predicted molar refractivity (Wildman–Crippen MR) is 249 cm³/mol. The quantitative estimate of drug-likeness (QED) is 0.169. The lowest BCUT2D eigenvalue weighted by atomic mass is 9.70. The molecule has 2 aliphatic rings. The van der Waals surface area contributed by atoms with Gasteiger partial charge in [0.05, 0.1) is 5.41 Å². The first-order valence-electron chi connectivity index (χ1n) is 20.9. The molecule has 1 heterocycles. The smallest absolute Gasteiger partial charge is 0.164 e. The molecule has 0 saturated heterocycles. The highest BCUT2D eigenvalue weighted by molar-refractivity contribution is 6.00. The Hall–Kier alpha value is -8.01. The Labute approximate surface area is 355 Å². The van der Waals surface area contributed by atoms with Crippen LogP contribution in [0.25, 0.3) is 89.8 Å². The Kier molecular flexibility index (Phi) is 8.07. The summed E-state index contributed by atoms with van der Waals surface area (Å²) in [6, 6.07) is 80.3. The van der Waals surface area contributed by atoms with E-state index < -0.39 is 5.41 Å². The second-order valence-electron chi connectivity index (χ2n) is 15.8. The van der Waals surface area contributed by atoms with E-state index in [1.165, 1.54) is 50.1 Å². The van der Waals surface area contributed by atoms with E-state index >= 15 is 0 Å². The molecule has 9 aromatic carbocycles. The van der Waals surface area contributed by atoms with Crippen LogP contribution in [-0.2, 0) is 5.41 Å². The van der Waals surface area contributed by atoms with Crippen molar-refractivity contribution in [3.05, 3.63) is 247 Å². The molecule has 61 heavy (non-hydrogen) atoms. The van der Waals surface area contributed by atoms with Gasteiger partial charge >= 0.3 is 0 Å². The van der Waals surface area contributed by atoms with E-state index in [1.54, 1.807) is 0 Å². The summed E-state index contributed by atoms with van der Waals surface area (Å²) >= 11 is 0. The summed E-state index contributed by atoms with van der Waals surface area (Å²) < 4.78 is 0. The third-order valence-corrected chi connectivity index (χ3v) is 12.6. The van der Waals surface area contributed by atoms with E-state index in [0.29, 0.717) is 17.5 Å². The zero-order valence-corrected chi connectivity index (χ0v) is 33.2. The Morgan fingerprint density at radius 1 is 0.230 bits per heavy atom. The van der Waals surface area contributed by atoms with Gasteiger partial charge in [0.15, 0.2) is 17.5 Å². The van der Waals surface area contributed by atoms with Gasteiger partial charge in [0, 0.05) is 16.7 Å². The van der Waals surface area contributed by atoms with Crippen molar-refractivity contribution in [2.45, 2.75) is 5.41 Å². The van der Waals surface area contributed by atoms with Gasteiger partial charge in [-0.25, -0.2) is 15.0 Å². The van der Waals surface area contributed by atoms with Crippen LogP contribution in [0.3, 0.4) is 0 Å². The lowest BCUT2D eigenvalue weighted by Crippen LogP contribution is -2.25. The van der Waals surface area contributed by atoms with Crippen LogP contribution in [0.2, 0.25) is 0 Å². The van der Waals surface area contributed by atoms with Crippen LogP contribution in [0.15, 0.2) is 224 Å². The third kappa shape index (κ3) is 5.41. The van der Waals surface area contributed by atoms with Crippen molar-refractivity contribution < 1.29 is 0 Å². The van der Waals surface area contributed by atoms with E-state index in [-0.39, 0.29) is 0 Å². The Bertz CT molecular complexity index is 3170. The average molecular weight is 776 g/mol. The van der Waals surface area contributed by atoms with E-state index in [2.05, 4.69) is 212 Å². The minimum absolute atomic E-state index is 0.414. The molecule has 0 aliphatic heterocycles. The maximum Gasteiger partial charge on any atom is 0.164 e. The normalized spacial score (nSPS) is 12.7. The number of nitrogens with zero attached hydrogens (tertiary/aromatic N) is 3. The molecule has 284 valence electrons. The zero-order valence-electron chi connectivity index (χ0n) is 33.2. The van der Waals surface area contributed by atoms with Crippen LogP contribution in [0, 0.1) is 0 Å². The molecule has 0 saturated carbocycles. The first-order valence-corrected chi connectivity index (χ1v) is 20.9. The Morgan fingerprint density at radius 2 is 0.590 bits per heavy atom. The highest BCUT2D eigenvalue weighted by atomic mass is 15.0. The molecule has 12 rings (SSSR count). The molecule has 0 radical (unpaired) electrons. The van der Waals surface area contributed by atoms with Gasteiger partial charge < -0.3 is 0 Å². The van der Waals surface area contributed by atoms with Gasteiger partial charge in [-0.2, -0.15) is 0 Å². The molecule has 2 aliphatic carbocycles. The summed E-state index contributed by atoms with van der Waals surface area (Å²) in [5, 5.41) is 0. The van der Waals surface area contributed by atoms with Gasteiger partial charge in [-0.15, -0.1) is 0 Å². The lowest BCUT2D eigenvalue weighted by Gasteiger charge is -2.30. The summed E-state index contributed by atoms with van der Waals surface area (Å²) in [6.45, 7) is 0. The second kappa shape index (κ2) is 14.1. The number of rotatable bonds is 6. The van der Waals surface area contributed by atoms with E-state index in [0.717, 1.165) is 44.5 Å². The van der Waals surface area contributed by atoms with Gasteiger partial charge in [-0.1, -0.05) is 218 Å². The van der Waals surface area contributed by atoms with Crippen LogP contribution in [0.4, 0.5) is 0 Å². The van der Waals surface area contributed by atoms with E-state index in [1.807, 2.05) is 12.1 Å². The van der Waals surface area contributed by atoms with Crippen molar-refractivity contribution in [1.82, 2.24) is 15.0 Å². The minimum Gasteiger partial charge on any atom is -0.208 e. The van der Waals surface area contributed by atoms with E-state index in [9.17, 15) is 0 Å². The summed E-state index contributed by atoms with van der Waals surface area (Å²) in [7, 11) is 0. The highest BCUT2D eigenvalue weighted by Crippen LogP contribution is 2.64. The van der Waals surface area contributed by atoms with Crippen LogP contribution in [-0.4, -0.2) is 15.0 Å². The topological polar surface area (TPSA) is 38.7 Å². The molecule has 0 bridgehead atoms. The van der Waals surface area contributed by atoms with Gasteiger partial charge in [0.2, 0.25) is 0 Å². The molecule has 3 nitrogen and oxygen atoms in total. The fourth-order valence-electron chi connectivity index (χ4n) is 10.1. The fraction of sp³-hybridized carbons (Fsp3) is 0.0172. The summed E-state index contributed by atoms with van der Waals surface area (Å²) in [5.41, 5.74) is 19.5. The molecule has 0 N–H and O–H groups in total. The van der Waals surface area contributed by atoms with Crippen molar-refractivity contribution in [1.29, 1.82) is 0 Å². The van der Waals surface area contributed by atoms with Crippen molar-refractivity contribution in [2.24, 2.45) is 0 Å². The number of hydrogen-bond donors (Lipinski definition) is 0. The van der Waals surface area contributed by atoms with Gasteiger partial charge in [0.1, 0.15) is 0 Å². The number of fused-ring (bicyclic) bond motifs is 10. The summed E-state index contributed by atoms with van der Waals surface area (Å²) in [4.78, 5) is 15.9. The average Bonchev–Trinajstić information content (AvgIpc) is 3.82. The summed E-state index contributed by atoms with van der Waals surface area (Å²) in [5.74, 6) is 1.88. The van der Waals surface area contributed by atoms with Crippen molar-refractivity contribution in [3.63, 3.8) is 0 Å². The van der Waals surface area contributed by atoms with Crippen molar-refractivity contribution in [3.8, 4) is 89.8 Å². The lowest BCUT2D eigenvalue weighted by molar-refractivity contribution is 0.794. The Balaban J connectivity index is 1.07. The first-order chi connectivity index (χ1) is 30.3. The maximum atomic E-state index is 5.32. The van der Waals surface area contributed by atoms with Crippen molar-refractivity contribution >= 4 is 0 Å². The largest absolute Gasteiger partial charge is 0.208 e. The van der Waals surface area contributed by atoms with Crippen LogP contribution in [0.5, 0.6) is 0 Å². The highest BCUT2D eigenvalue weighted by Gasteiger charge is 2.51.